The Kier molecular flexibility index (Phi) is 5.66. The average molecular weight is 386 g/mol. The molecule has 1 amide bonds. The van der Waals surface area contributed by atoms with Crippen LogP contribution >= 0.6 is 11.8 Å². The molecule has 0 saturated carbocycles. The largest absolute Gasteiger partial charge is 0.497 e. The van der Waals surface area contributed by atoms with Gasteiger partial charge in [-0.2, -0.15) is 0 Å². The third-order valence-corrected chi connectivity index (χ3v) is 5.05. The first-order chi connectivity index (χ1) is 13.0. The predicted octanol–water partition coefficient (Wildman–Crippen LogP) is 2.68. The van der Waals surface area contributed by atoms with E-state index in [1.165, 1.54) is 4.68 Å². The van der Waals surface area contributed by atoms with Gasteiger partial charge < -0.3 is 10.1 Å². The van der Waals surface area contributed by atoms with Crippen molar-refractivity contribution in [3.63, 3.8) is 0 Å². The van der Waals surface area contributed by atoms with Gasteiger partial charge in [0.1, 0.15) is 5.75 Å². The van der Waals surface area contributed by atoms with E-state index in [9.17, 15) is 9.59 Å². The zero-order valence-electron chi connectivity index (χ0n) is 15.2. The number of carbonyl (C=O) groups is 1. The summed E-state index contributed by atoms with van der Waals surface area (Å²) in [5.74, 6) is 0.496. The van der Waals surface area contributed by atoms with Crippen molar-refractivity contribution in [3.05, 3.63) is 64.5 Å². The van der Waals surface area contributed by atoms with Crippen LogP contribution in [-0.2, 0) is 4.79 Å². The molecule has 2 aromatic carbocycles. The first kappa shape index (κ1) is 18.8. The molecule has 0 aliphatic carbocycles. The molecule has 0 bridgehead atoms. The number of anilines is 1. The number of nitrogens with zero attached hydrogens (tertiary/aromatic N) is 1. The second-order valence-electron chi connectivity index (χ2n) is 5.93. The third kappa shape index (κ3) is 4.40. The molecular formula is C19H20N3O4S+. The number of carbonyl (C=O) groups excluding carboxylic acids is 1. The van der Waals surface area contributed by atoms with Crippen LogP contribution in [0.3, 0.4) is 0 Å². The monoisotopic (exact) mass is 386 g/mol. The molecule has 1 unspecified atom stereocenters. The zero-order chi connectivity index (χ0) is 19.4. The summed E-state index contributed by atoms with van der Waals surface area (Å²) in [7, 11) is 1.58. The molecule has 1 aromatic heterocycles. The van der Waals surface area contributed by atoms with Crippen molar-refractivity contribution in [2.24, 2.45) is 0 Å². The van der Waals surface area contributed by atoms with E-state index in [1.54, 1.807) is 38.3 Å². The molecule has 0 fully saturated rings. The SMILES string of the molecule is COc1ccc(-[n+]2[nH]oc(=O)c2SC(C)C(=O)Nc2ccc(C)cc2)cc1. The minimum Gasteiger partial charge on any atom is -0.497 e. The fourth-order valence-electron chi connectivity index (χ4n) is 2.37. The summed E-state index contributed by atoms with van der Waals surface area (Å²) in [4.78, 5) is 24.6. The molecule has 2 N–H and O–H groups in total. The molecule has 0 aliphatic rings. The summed E-state index contributed by atoms with van der Waals surface area (Å²) in [6.45, 7) is 3.71. The molecule has 0 spiro atoms. The van der Waals surface area contributed by atoms with Gasteiger partial charge in [0.2, 0.25) is 11.6 Å². The van der Waals surface area contributed by atoms with Crippen molar-refractivity contribution in [2.45, 2.75) is 24.1 Å². The van der Waals surface area contributed by atoms with E-state index < -0.39 is 10.9 Å². The number of benzene rings is 2. The predicted molar refractivity (Wildman–Crippen MR) is 103 cm³/mol. The molecule has 140 valence electrons. The molecule has 1 heterocycles. The maximum atomic E-state index is 12.5. The van der Waals surface area contributed by atoms with Gasteiger partial charge in [0.25, 0.3) is 0 Å². The van der Waals surface area contributed by atoms with E-state index >= 15 is 0 Å². The lowest BCUT2D eigenvalue weighted by atomic mass is 10.2. The van der Waals surface area contributed by atoms with Gasteiger partial charge in [0.15, 0.2) is 0 Å². The number of H-pyrrole nitrogens is 1. The van der Waals surface area contributed by atoms with Crippen molar-refractivity contribution >= 4 is 23.4 Å². The van der Waals surface area contributed by atoms with Gasteiger partial charge >= 0.3 is 10.7 Å². The molecule has 0 radical (unpaired) electrons. The third-order valence-electron chi connectivity index (χ3n) is 3.91. The maximum Gasteiger partial charge on any atom is 0.442 e. The topological polar surface area (TPSA) is 88.2 Å². The number of aryl methyl sites for hydroxylation is 1. The Morgan fingerprint density at radius 2 is 1.85 bits per heavy atom. The van der Waals surface area contributed by atoms with Crippen LogP contribution in [-0.4, -0.2) is 23.5 Å². The highest BCUT2D eigenvalue weighted by atomic mass is 32.2. The summed E-state index contributed by atoms with van der Waals surface area (Å²) >= 11 is 1.12. The number of hydrogen-bond acceptors (Lipinski definition) is 5. The lowest BCUT2D eigenvalue weighted by molar-refractivity contribution is -0.704. The van der Waals surface area contributed by atoms with Crippen LogP contribution in [0.4, 0.5) is 5.69 Å². The molecule has 7 nitrogen and oxygen atoms in total. The molecule has 0 aliphatic heterocycles. The van der Waals surface area contributed by atoms with Gasteiger partial charge in [-0.05, 0) is 59.8 Å². The summed E-state index contributed by atoms with van der Waals surface area (Å²) in [6.07, 6.45) is 0. The number of ether oxygens (including phenoxy) is 1. The number of rotatable bonds is 6. The van der Waals surface area contributed by atoms with E-state index in [0.29, 0.717) is 17.1 Å². The Bertz CT molecular complexity index is 977. The fraction of sp³-hybridized carbons (Fsp3) is 0.211. The molecule has 0 saturated heterocycles. The first-order valence-electron chi connectivity index (χ1n) is 8.30. The summed E-state index contributed by atoms with van der Waals surface area (Å²) < 4.78 is 11.6. The van der Waals surface area contributed by atoms with Gasteiger partial charge in [0.05, 0.1) is 12.4 Å². The second kappa shape index (κ2) is 8.13. The van der Waals surface area contributed by atoms with Crippen LogP contribution in [0.25, 0.3) is 5.69 Å². The fourth-order valence-corrected chi connectivity index (χ4v) is 3.25. The van der Waals surface area contributed by atoms with Crippen LogP contribution < -0.4 is 20.4 Å². The van der Waals surface area contributed by atoms with Crippen molar-refractivity contribution in [1.29, 1.82) is 0 Å². The normalized spacial score (nSPS) is 11.8. The molecule has 3 aromatic rings. The summed E-state index contributed by atoms with van der Waals surface area (Å²) in [6, 6.07) is 14.6. The van der Waals surface area contributed by atoms with Crippen molar-refractivity contribution in [1.82, 2.24) is 5.27 Å². The molecule has 27 heavy (non-hydrogen) atoms. The minimum absolute atomic E-state index is 0.203. The van der Waals surface area contributed by atoms with Crippen LogP contribution in [0.2, 0.25) is 0 Å². The van der Waals surface area contributed by atoms with Crippen LogP contribution in [0.15, 0.2) is 62.9 Å². The number of aromatic nitrogens is 2. The standard InChI is InChI=1S/C19H19N3O4S/c1-12-4-6-14(7-5-12)20-17(23)13(2)27-18-19(24)26-21-22(18)15-8-10-16(25-3)11-9-15/h4-11,13H,1-3H3,(H-,20,21,23,24)/p+1. The van der Waals surface area contributed by atoms with Gasteiger partial charge in [0, 0.05) is 17.8 Å². The molecular weight excluding hydrogens is 366 g/mol. The summed E-state index contributed by atoms with van der Waals surface area (Å²) in [5, 5.41) is 5.19. The Balaban J connectivity index is 1.76. The lowest BCUT2D eigenvalue weighted by Crippen LogP contribution is -2.37. The molecule has 3 rings (SSSR count). The van der Waals surface area contributed by atoms with Crippen LogP contribution in [0.1, 0.15) is 12.5 Å². The zero-order valence-corrected chi connectivity index (χ0v) is 16.0. The van der Waals surface area contributed by atoms with E-state index in [-0.39, 0.29) is 10.9 Å². The smallest absolute Gasteiger partial charge is 0.442 e. The summed E-state index contributed by atoms with van der Waals surface area (Å²) in [5.41, 5.74) is 1.98. The van der Waals surface area contributed by atoms with Gasteiger partial charge in [-0.15, -0.1) is 0 Å². The lowest BCUT2D eigenvalue weighted by Gasteiger charge is -2.09. The molecule has 1 atom stereocenters. The quantitative estimate of drug-likeness (QED) is 0.502. The van der Waals surface area contributed by atoms with E-state index in [1.807, 2.05) is 31.2 Å². The first-order valence-corrected chi connectivity index (χ1v) is 9.18. The van der Waals surface area contributed by atoms with Crippen LogP contribution in [0, 0.1) is 6.92 Å². The van der Waals surface area contributed by atoms with E-state index in [4.69, 9.17) is 9.26 Å². The van der Waals surface area contributed by atoms with Crippen molar-refractivity contribution < 1.29 is 18.7 Å². The van der Waals surface area contributed by atoms with E-state index in [0.717, 1.165) is 17.3 Å². The number of amides is 1. The number of thioether (sulfide) groups is 1. The minimum atomic E-state index is -0.536. The Morgan fingerprint density at radius 3 is 2.48 bits per heavy atom. The van der Waals surface area contributed by atoms with Crippen LogP contribution in [0.5, 0.6) is 5.75 Å². The average Bonchev–Trinajstić information content (AvgIpc) is 3.04. The number of aromatic amines is 1. The Labute approximate surface area is 160 Å². The highest BCUT2D eigenvalue weighted by molar-refractivity contribution is 8.00. The van der Waals surface area contributed by atoms with Gasteiger partial charge in [-0.25, -0.2) is 4.79 Å². The number of hydrogen-bond donors (Lipinski definition) is 2. The Morgan fingerprint density at radius 1 is 1.19 bits per heavy atom. The number of nitrogens with one attached hydrogen (secondary N) is 2. The highest BCUT2D eigenvalue weighted by Crippen LogP contribution is 2.20. The van der Waals surface area contributed by atoms with E-state index in [2.05, 4.69) is 10.6 Å². The van der Waals surface area contributed by atoms with Gasteiger partial charge in [-0.1, -0.05) is 17.7 Å². The number of methoxy groups -OCH3 is 1. The second-order valence-corrected chi connectivity index (χ2v) is 7.26. The molecule has 8 heteroatoms. The van der Waals surface area contributed by atoms with Gasteiger partial charge in [-0.3, -0.25) is 9.32 Å². The Hall–Kier alpha value is -3.00. The van der Waals surface area contributed by atoms with Crippen molar-refractivity contribution in [3.8, 4) is 11.4 Å². The maximum absolute atomic E-state index is 12.5. The highest BCUT2D eigenvalue weighted by Gasteiger charge is 2.29. The van der Waals surface area contributed by atoms with Crippen molar-refractivity contribution in [2.75, 3.05) is 12.4 Å².